The SMILES string of the molecule is CC(/C=C/C1=CCCCC1(C)C)=C\C=C\C(C)=C\COC(=O)c1cccc(O)c1O. The minimum Gasteiger partial charge on any atom is -0.504 e. The van der Waals surface area contributed by atoms with Crippen LogP contribution in [0.3, 0.4) is 0 Å². The maximum atomic E-state index is 12.0. The van der Waals surface area contributed by atoms with Crippen LogP contribution >= 0.6 is 0 Å². The first-order valence-corrected chi connectivity index (χ1v) is 10.3. The molecule has 4 nitrogen and oxygen atoms in total. The third kappa shape index (κ3) is 6.80. The van der Waals surface area contributed by atoms with E-state index in [9.17, 15) is 15.0 Å². The smallest absolute Gasteiger partial charge is 0.342 e. The van der Waals surface area contributed by atoms with Crippen LogP contribution in [-0.4, -0.2) is 22.8 Å². The van der Waals surface area contributed by atoms with Gasteiger partial charge in [-0.1, -0.05) is 67.5 Å². The minimum absolute atomic E-state index is 0.0572. The fraction of sp³-hybridized carbons (Fsp3) is 0.346. The maximum absolute atomic E-state index is 12.0. The van der Waals surface area contributed by atoms with Gasteiger partial charge in [0, 0.05) is 0 Å². The number of phenols is 2. The molecule has 2 N–H and O–H groups in total. The normalized spacial score (nSPS) is 17.4. The topological polar surface area (TPSA) is 66.8 Å². The van der Waals surface area contributed by atoms with E-state index >= 15 is 0 Å². The maximum Gasteiger partial charge on any atom is 0.342 e. The van der Waals surface area contributed by atoms with Crippen molar-refractivity contribution in [2.45, 2.75) is 47.0 Å². The monoisotopic (exact) mass is 408 g/mol. The second-order valence-electron chi connectivity index (χ2n) is 8.26. The summed E-state index contributed by atoms with van der Waals surface area (Å²) >= 11 is 0. The molecule has 30 heavy (non-hydrogen) atoms. The number of benzene rings is 1. The van der Waals surface area contributed by atoms with Gasteiger partial charge in [-0.3, -0.25) is 0 Å². The van der Waals surface area contributed by atoms with Gasteiger partial charge in [0.2, 0.25) is 0 Å². The lowest BCUT2D eigenvalue weighted by Crippen LogP contribution is -2.16. The molecule has 0 aliphatic heterocycles. The van der Waals surface area contributed by atoms with E-state index < -0.39 is 11.7 Å². The molecule has 0 unspecified atom stereocenters. The fourth-order valence-electron chi connectivity index (χ4n) is 3.23. The van der Waals surface area contributed by atoms with E-state index in [-0.39, 0.29) is 23.3 Å². The van der Waals surface area contributed by atoms with E-state index in [2.05, 4.69) is 39.0 Å². The number of carbonyl (C=O) groups excluding carboxylic acids is 1. The highest BCUT2D eigenvalue weighted by Crippen LogP contribution is 2.37. The molecule has 0 heterocycles. The van der Waals surface area contributed by atoms with Gasteiger partial charge in [-0.2, -0.15) is 0 Å². The molecule has 1 aliphatic rings. The number of ether oxygens (including phenoxy) is 1. The highest BCUT2D eigenvalue weighted by molar-refractivity contribution is 5.93. The van der Waals surface area contributed by atoms with Crippen molar-refractivity contribution in [1.29, 1.82) is 0 Å². The van der Waals surface area contributed by atoms with Crippen LogP contribution in [0.2, 0.25) is 0 Å². The number of rotatable bonds is 7. The molecule has 0 fully saturated rings. The van der Waals surface area contributed by atoms with Gasteiger partial charge in [-0.15, -0.1) is 0 Å². The summed E-state index contributed by atoms with van der Waals surface area (Å²) in [5, 5.41) is 19.2. The predicted octanol–water partition coefficient (Wildman–Crippen LogP) is 6.40. The minimum atomic E-state index is -0.683. The molecule has 1 aliphatic carbocycles. The van der Waals surface area contributed by atoms with Gasteiger partial charge in [0.1, 0.15) is 12.2 Å². The van der Waals surface area contributed by atoms with Crippen LogP contribution < -0.4 is 0 Å². The molecule has 4 heteroatoms. The molecule has 0 saturated heterocycles. The lowest BCUT2D eigenvalue weighted by Gasteiger charge is -2.30. The highest BCUT2D eigenvalue weighted by Gasteiger charge is 2.23. The number of carbonyl (C=O) groups is 1. The molecule has 0 saturated carbocycles. The predicted molar refractivity (Wildman–Crippen MR) is 122 cm³/mol. The summed E-state index contributed by atoms with van der Waals surface area (Å²) in [6.07, 6.45) is 18.1. The summed E-state index contributed by atoms with van der Waals surface area (Å²) < 4.78 is 5.13. The zero-order valence-electron chi connectivity index (χ0n) is 18.3. The summed E-state index contributed by atoms with van der Waals surface area (Å²) in [4.78, 5) is 12.0. The number of aromatic hydroxyl groups is 2. The Kier molecular flexibility index (Phi) is 8.28. The summed E-state index contributed by atoms with van der Waals surface area (Å²) in [6, 6.07) is 4.18. The highest BCUT2D eigenvalue weighted by atomic mass is 16.5. The average molecular weight is 409 g/mol. The van der Waals surface area contributed by atoms with Gasteiger partial charge in [0.25, 0.3) is 0 Å². The van der Waals surface area contributed by atoms with Crippen LogP contribution in [-0.2, 0) is 4.74 Å². The Labute approximate surface area is 179 Å². The van der Waals surface area contributed by atoms with Crippen LogP contribution in [0.5, 0.6) is 11.5 Å². The number of phenolic OH excluding ortho intramolecular Hbond substituents is 2. The van der Waals surface area contributed by atoms with Gasteiger partial charge in [-0.05, 0) is 62.3 Å². The third-order valence-electron chi connectivity index (χ3n) is 5.25. The van der Waals surface area contributed by atoms with E-state index in [1.165, 1.54) is 36.6 Å². The Morgan fingerprint density at radius 1 is 1.17 bits per heavy atom. The number of hydrogen-bond acceptors (Lipinski definition) is 4. The van der Waals surface area contributed by atoms with Crippen LogP contribution in [0.15, 0.2) is 77.5 Å². The largest absolute Gasteiger partial charge is 0.504 e. The average Bonchev–Trinajstić information content (AvgIpc) is 2.68. The number of para-hydroxylation sites is 1. The zero-order valence-corrected chi connectivity index (χ0v) is 18.3. The Morgan fingerprint density at radius 3 is 2.67 bits per heavy atom. The van der Waals surface area contributed by atoms with Gasteiger partial charge in [0.15, 0.2) is 11.5 Å². The van der Waals surface area contributed by atoms with Crippen molar-refractivity contribution in [3.63, 3.8) is 0 Å². The molecule has 160 valence electrons. The summed E-state index contributed by atoms with van der Waals surface area (Å²) in [5.41, 5.74) is 3.70. The number of allylic oxidation sites excluding steroid dienone is 9. The number of hydrogen-bond donors (Lipinski definition) is 2. The van der Waals surface area contributed by atoms with Gasteiger partial charge in [-0.25, -0.2) is 4.79 Å². The van der Waals surface area contributed by atoms with E-state index in [4.69, 9.17) is 4.74 Å². The van der Waals surface area contributed by atoms with Gasteiger partial charge in [0.05, 0.1) is 0 Å². The fourth-order valence-corrected chi connectivity index (χ4v) is 3.23. The van der Waals surface area contributed by atoms with Crippen LogP contribution in [0, 0.1) is 5.41 Å². The number of esters is 1. The first-order valence-electron chi connectivity index (χ1n) is 10.3. The molecular formula is C26H32O4. The first-order chi connectivity index (χ1) is 14.2. The Morgan fingerprint density at radius 2 is 1.93 bits per heavy atom. The van der Waals surface area contributed by atoms with Crippen molar-refractivity contribution >= 4 is 5.97 Å². The Hall–Kier alpha value is -3.01. The van der Waals surface area contributed by atoms with Crippen molar-refractivity contribution in [3.8, 4) is 11.5 Å². The molecule has 2 rings (SSSR count). The lowest BCUT2D eigenvalue weighted by atomic mass is 9.75. The van der Waals surface area contributed by atoms with E-state index in [1.807, 2.05) is 25.2 Å². The molecule has 1 aromatic rings. The Bertz CT molecular complexity index is 911. The second-order valence-corrected chi connectivity index (χ2v) is 8.26. The molecule has 0 aromatic heterocycles. The van der Waals surface area contributed by atoms with Crippen molar-refractivity contribution in [1.82, 2.24) is 0 Å². The zero-order chi connectivity index (χ0) is 22.1. The first kappa shape index (κ1) is 23.3. The third-order valence-corrected chi connectivity index (χ3v) is 5.25. The van der Waals surface area contributed by atoms with E-state index in [1.54, 1.807) is 6.08 Å². The Balaban J connectivity index is 1.87. The summed E-state index contributed by atoms with van der Waals surface area (Å²) in [5.74, 6) is -1.50. The van der Waals surface area contributed by atoms with Crippen molar-refractivity contribution in [3.05, 3.63) is 83.0 Å². The molecule has 1 aromatic carbocycles. The summed E-state index contributed by atoms with van der Waals surface area (Å²) in [6.45, 7) is 8.66. The van der Waals surface area contributed by atoms with Crippen LogP contribution in [0.1, 0.15) is 57.3 Å². The molecule has 0 radical (unpaired) electrons. The lowest BCUT2D eigenvalue weighted by molar-refractivity contribution is 0.0545. The molecule has 0 spiro atoms. The van der Waals surface area contributed by atoms with Crippen molar-refractivity contribution in [2.75, 3.05) is 6.61 Å². The molecule has 0 bridgehead atoms. The standard InChI is InChI=1S/C26H32O4/c1-19(14-15-21-11-5-6-17-26(21,3)4)9-7-10-20(2)16-18-30-25(29)22-12-8-13-23(27)24(22)28/h7-16,27-28H,5-6,17-18H2,1-4H3/b10-7+,15-14+,19-9+,20-16+. The van der Waals surface area contributed by atoms with Crippen molar-refractivity contribution in [2.24, 2.45) is 5.41 Å². The van der Waals surface area contributed by atoms with Gasteiger partial charge >= 0.3 is 5.97 Å². The molecule has 0 amide bonds. The second kappa shape index (κ2) is 10.7. The molecular weight excluding hydrogens is 376 g/mol. The molecule has 0 atom stereocenters. The van der Waals surface area contributed by atoms with Gasteiger partial charge < -0.3 is 14.9 Å². The van der Waals surface area contributed by atoms with E-state index in [0.29, 0.717) is 0 Å². The van der Waals surface area contributed by atoms with Crippen LogP contribution in [0.25, 0.3) is 0 Å². The van der Waals surface area contributed by atoms with E-state index in [0.717, 1.165) is 17.6 Å². The van der Waals surface area contributed by atoms with Crippen molar-refractivity contribution < 1.29 is 19.7 Å². The summed E-state index contributed by atoms with van der Waals surface area (Å²) in [7, 11) is 0. The van der Waals surface area contributed by atoms with Crippen LogP contribution in [0.4, 0.5) is 0 Å². The quantitative estimate of drug-likeness (QED) is 0.311.